The van der Waals surface area contributed by atoms with Crippen molar-refractivity contribution >= 4 is 0 Å². The van der Waals surface area contributed by atoms with E-state index in [-0.39, 0.29) is 0 Å². The van der Waals surface area contributed by atoms with Gasteiger partial charge in [-0.3, -0.25) is 0 Å². The molecule has 1 fully saturated rings. The maximum atomic E-state index is 9.70. The Kier molecular flexibility index (Phi) is 3.20. The van der Waals surface area contributed by atoms with Gasteiger partial charge in [-0.2, -0.15) is 0 Å². The van der Waals surface area contributed by atoms with E-state index >= 15 is 0 Å². The van der Waals surface area contributed by atoms with Gasteiger partial charge in [0.05, 0.1) is 0 Å². The summed E-state index contributed by atoms with van der Waals surface area (Å²) in [7, 11) is 0. The van der Waals surface area contributed by atoms with E-state index in [1.165, 1.54) is 24.8 Å². The smallest absolute Gasteiger partial charge is 0.120 e. The topological polar surface area (TPSA) is 32.3 Å². The van der Waals surface area contributed by atoms with Gasteiger partial charge in [-0.05, 0) is 37.7 Å². The maximum absolute atomic E-state index is 9.70. The zero-order valence-corrected chi connectivity index (χ0v) is 10.2. The Bertz CT molecular complexity index is 369. The van der Waals surface area contributed by atoms with E-state index in [4.69, 9.17) is 0 Å². The van der Waals surface area contributed by atoms with E-state index in [1.54, 1.807) is 6.07 Å². The van der Waals surface area contributed by atoms with E-state index in [1.807, 2.05) is 12.1 Å². The average molecular weight is 219 g/mol. The highest BCUT2D eigenvalue weighted by atomic mass is 16.3. The molecule has 1 aliphatic rings. The molecule has 0 aromatic heterocycles. The third-order valence-electron chi connectivity index (χ3n) is 3.76. The lowest BCUT2D eigenvalue weighted by atomic mass is 10.0. The van der Waals surface area contributed by atoms with Crippen LogP contribution in [0.5, 0.6) is 5.75 Å². The second-order valence-electron chi connectivity index (χ2n) is 5.09. The van der Waals surface area contributed by atoms with E-state index in [9.17, 15) is 5.11 Å². The van der Waals surface area contributed by atoms with Crippen molar-refractivity contribution in [2.45, 2.75) is 39.7 Å². The van der Waals surface area contributed by atoms with Crippen molar-refractivity contribution in [3.8, 4) is 5.75 Å². The van der Waals surface area contributed by atoms with Crippen LogP contribution in [0.4, 0.5) is 0 Å². The van der Waals surface area contributed by atoms with Gasteiger partial charge in [0, 0.05) is 18.7 Å². The minimum Gasteiger partial charge on any atom is -0.508 e. The molecule has 2 N–H and O–H groups in total. The predicted octanol–water partition coefficient (Wildman–Crippen LogP) is 2.98. The first-order valence-electron chi connectivity index (χ1n) is 6.14. The van der Waals surface area contributed by atoms with E-state index in [0.717, 1.165) is 18.7 Å². The molecule has 0 saturated heterocycles. The quantitative estimate of drug-likeness (QED) is 0.798. The summed E-state index contributed by atoms with van der Waals surface area (Å²) >= 11 is 0. The zero-order chi connectivity index (χ0) is 11.6. The first kappa shape index (κ1) is 11.5. The maximum Gasteiger partial charge on any atom is 0.120 e. The van der Waals surface area contributed by atoms with Crippen LogP contribution in [0.2, 0.25) is 0 Å². The number of hydrogen-bond donors (Lipinski definition) is 2. The van der Waals surface area contributed by atoms with Gasteiger partial charge in [0.1, 0.15) is 5.75 Å². The Morgan fingerprint density at radius 3 is 2.75 bits per heavy atom. The molecule has 0 heterocycles. The fraction of sp³-hybridized carbons (Fsp3) is 0.571. The van der Waals surface area contributed by atoms with E-state index < -0.39 is 0 Å². The third-order valence-corrected chi connectivity index (χ3v) is 3.76. The molecule has 2 rings (SSSR count). The van der Waals surface area contributed by atoms with Gasteiger partial charge in [-0.15, -0.1) is 0 Å². The van der Waals surface area contributed by atoms with E-state index in [0.29, 0.717) is 11.2 Å². The molecule has 2 heteroatoms. The Labute approximate surface area is 97.7 Å². The number of phenolic OH excluding ortho intramolecular Hbond substituents is 1. The van der Waals surface area contributed by atoms with Crippen LogP contribution in [0.3, 0.4) is 0 Å². The van der Waals surface area contributed by atoms with Crippen LogP contribution < -0.4 is 5.32 Å². The van der Waals surface area contributed by atoms with Gasteiger partial charge in [-0.25, -0.2) is 0 Å². The number of aromatic hydroxyl groups is 1. The summed E-state index contributed by atoms with van der Waals surface area (Å²) < 4.78 is 0. The van der Waals surface area contributed by atoms with Gasteiger partial charge in [-0.1, -0.05) is 24.6 Å². The van der Waals surface area contributed by atoms with Crippen LogP contribution in [-0.4, -0.2) is 11.7 Å². The molecule has 1 saturated carbocycles. The van der Waals surface area contributed by atoms with Crippen molar-refractivity contribution in [3.63, 3.8) is 0 Å². The summed E-state index contributed by atoms with van der Waals surface area (Å²) in [4.78, 5) is 0. The summed E-state index contributed by atoms with van der Waals surface area (Å²) in [5.74, 6) is 0.402. The number of aryl methyl sites for hydroxylation is 1. The molecule has 88 valence electrons. The number of phenols is 1. The zero-order valence-electron chi connectivity index (χ0n) is 10.2. The van der Waals surface area contributed by atoms with Gasteiger partial charge in [0.25, 0.3) is 0 Å². The monoisotopic (exact) mass is 219 g/mol. The molecule has 0 amide bonds. The van der Waals surface area contributed by atoms with Crippen LogP contribution in [0.25, 0.3) is 0 Å². The highest BCUT2D eigenvalue weighted by Gasteiger charge is 2.39. The normalized spacial score (nSPS) is 17.4. The lowest BCUT2D eigenvalue weighted by Crippen LogP contribution is -2.23. The van der Waals surface area contributed by atoms with Crippen molar-refractivity contribution in [1.29, 1.82) is 0 Å². The Balaban J connectivity index is 1.87. The average Bonchev–Trinajstić information content (AvgIpc) is 3.04. The standard InChI is InChI=1S/C14H21NO/c1-3-14(6-7-14)10-15-9-12-8-11(2)4-5-13(12)16/h4-5,8,15-16H,3,6-7,9-10H2,1-2H3. The van der Waals surface area contributed by atoms with Gasteiger partial charge in [0.15, 0.2) is 0 Å². The number of benzene rings is 1. The van der Waals surface area contributed by atoms with Crippen LogP contribution in [0.1, 0.15) is 37.3 Å². The van der Waals surface area contributed by atoms with Crippen LogP contribution in [-0.2, 0) is 6.54 Å². The highest BCUT2D eigenvalue weighted by Crippen LogP contribution is 2.47. The van der Waals surface area contributed by atoms with Crippen molar-refractivity contribution in [2.75, 3.05) is 6.54 Å². The van der Waals surface area contributed by atoms with Crippen LogP contribution in [0, 0.1) is 12.3 Å². The molecule has 2 nitrogen and oxygen atoms in total. The summed E-state index contributed by atoms with van der Waals surface area (Å²) in [5, 5.41) is 13.2. The fourth-order valence-electron chi connectivity index (χ4n) is 2.15. The third kappa shape index (κ3) is 2.56. The minimum absolute atomic E-state index is 0.402. The van der Waals surface area contributed by atoms with Crippen molar-refractivity contribution in [1.82, 2.24) is 5.32 Å². The molecule has 1 aromatic carbocycles. The van der Waals surface area contributed by atoms with Crippen LogP contribution >= 0.6 is 0 Å². The Morgan fingerprint density at radius 1 is 1.38 bits per heavy atom. The second kappa shape index (κ2) is 4.46. The highest BCUT2D eigenvalue weighted by molar-refractivity contribution is 5.35. The number of nitrogens with one attached hydrogen (secondary N) is 1. The number of rotatable bonds is 5. The summed E-state index contributed by atoms with van der Waals surface area (Å²) in [5.41, 5.74) is 2.78. The summed E-state index contributed by atoms with van der Waals surface area (Å²) in [6.07, 6.45) is 3.98. The first-order valence-corrected chi connectivity index (χ1v) is 6.14. The van der Waals surface area contributed by atoms with Crippen molar-refractivity contribution in [3.05, 3.63) is 29.3 Å². The molecule has 0 spiro atoms. The molecule has 0 atom stereocenters. The van der Waals surface area contributed by atoms with Crippen LogP contribution in [0.15, 0.2) is 18.2 Å². The second-order valence-corrected chi connectivity index (χ2v) is 5.09. The predicted molar refractivity (Wildman–Crippen MR) is 66.5 cm³/mol. The van der Waals surface area contributed by atoms with Crippen molar-refractivity contribution < 1.29 is 5.11 Å². The van der Waals surface area contributed by atoms with Gasteiger partial charge in [0.2, 0.25) is 0 Å². The largest absolute Gasteiger partial charge is 0.508 e. The lowest BCUT2D eigenvalue weighted by molar-refractivity contribution is 0.432. The van der Waals surface area contributed by atoms with Crippen molar-refractivity contribution in [2.24, 2.45) is 5.41 Å². The molecule has 0 bridgehead atoms. The van der Waals surface area contributed by atoms with Gasteiger partial charge >= 0.3 is 0 Å². The SMILES string of the molecule is CCC1(CNCc2cc(C)ccc2O)CC1. The molecule has 0 radical (unpaired) electrons. The van der Waals surface area contributed by atoms with Gasteiger partial charge < -0.3 is 10.4 Å². The molecule has 0 aliphatic heterocycles. The molecular weight excluding hydrogens is 198 g/mol. The van der Waals surface area contributed by atoms with E-state index in [2.05, 4.69) is 19.2 Å². The molecule has 0 unspecified atom stereocenters. The number of hydrogen-bond acceptors (Lipinski definition) is 2. The first-order chi connectivity index (χ1) is 7.65. The molecule has 1 aromatic rings. The fourth-order valence-corrected chi connectivity index (χ4v) is 2.15. The Morgan fingerprint density at radius 2 is 2.12 bits per heavy atom. The minimum atomic E-state index is 0.402. The lowest BCUT2D eigenvalue weighted by Gasteiger charge is -2.14. The molecular formula is C14H21NO. The molecule has 16 heavy (non-hydrogen) atoms. The summed E-state index contributed by atoms with van der Waals surface area (Å²) in [6.45, 7) is 6.17. The molecule has 1 aliphatic carbocycles. The summed E-state index contributed by atoms with van der Waals surface area (Å²) in [6, 6.07) is 5.76. The Hall–Kier alpha value is -1.02.